The van der Waals surface area contributed by atoms with E-state index in [2.05, 4.69) is 16.4 Å². The van der Waals surface area contributed by atoms with Crippen molar-refractivity contribution < 1.29 is 13.9 Å². The van der Waals surface area contributed by atoms with Gasteiger partial charge in [0.2, 0.25) is 5.91 Å². The molecule has 1 aliphatic heterocycles. The van der Waals surface area contributed by atoms with Gasteiger partial charge in [-0.1, -0.05) is 13.0 Å². The zero-order valence-corrected chi connectivity index (χ0v) is 14.2. The highest BCUT2D eigenvalue weighted by atomic mass is 16.5. The van der Waals surface area contributed by atoms with Crippen LogP contribution in [0.2, 0.25) is 0 Å². The Kier molecular flexibility index (Phi) is 3.86. The number of hydrogen-bond acceptors (Lipinski definition) is 4. The standard InChI is InChI=1S/C20H17N3O3/c1-2-20(18-4-3-9-25-18)15-10-13(16-8-6-14(11-21)22-16)5-7-17(15)23-19(24)12-26-20/h3-10,22H,2,12H2,1H3,(H,23,24). The van der Waals surface area contributed by atoms with Gasteiger partial charge in [-0.3, -0.25) is 4.79 Å². The minimum absolute atomic E-state index is 0.0559. The molecule has 0 saturated carbocycles. The first-order valence-corrected chi connectivity index (χ1v) is 8.38. The number of amides is 1. The summed E-state index contributed by atoms with van der Waals surface area (Å²) in [5.41, 5.74) is 2.87. The van der Waals surface area contributed by atoms with E-state index in [-0.39, 0.29) is 12.5 Å². The summed E-state index contributed by atoms with van der Waals surface area (Å²) in [5.74, 6) is 0.451. The fourth-order valence-corrected chi connectivity index (χ4v) is 3.42. The summed E-state index contributed by atoms with van der Waals surface area (Å²) in [4.78, 5) is 15.2. The third kappa shape index (κ3) is 2.50. The Labute approximate surface area is 150 Å². The Balaban J connectivity index is 1.91. The molecular formula is C20H17N3O3. The van der Waals surface area contributed by atoms with Gasteiger partial charge in [-0.25, -0.2) is 0 Å². The fraction of sp³-hybridized carbons (Fsp3) is 0.200. The molecule has 1 aliphatic rings. The molecule has 1 amide bonds. The van der Waals surface area contributed by atoms with Crippen LogP contribution in [-0.2, 0) is 15.1 Å². The zero-order valence-electron chi connectivity index (χ0n) is 14.2. The third-order valence-corrected chi connectivity index (χ3v) is 4.71. The second kappa shape index (κ2) is 6.21. The molecule has 0 saturated heterocycles. The highest BCUT2D eigenvalue weighted by Gasteiger charge is 2.41. The number of aromatic nitrogens is 1. The Bertz CT molecular complexity index is 998. The first kappa shape index (κ1) is 16.2. The van der Waals surface area contributed by atoms with E-state index in [1.165, 1.54) is 0 Å². The number of carbonyl (C=O) groups excluding carboxylic acids is 1. The Morgan fingerprint density at radius 1 is 1.27 bits per heavy atom. The lowest BCUT2D eigenvalue weighted by molar-refractivity contribution is -0.126. The van der Waals surface area contributed by atoms with E-state index in [9.17, 15) is 4.79 Å². The van der Waals surface area contributed by atoms with Crippen molar-refractivity contribution in [2.24, 2.45) is 0 Å². The number of ether oxygens (including phenoxy) is 1. The number of rotatable bonds is 3. The normalized spacial score (nSPS) is 19.3. The molecule has 2 N–H and O–H groups in total. The Morgan fingerprint density at radius 2 is 2.15 bits per heavy atom. The van der Waals surface area contributed by atoms with Crippen LogP contribution in [0.1, 0.15) is 30.4 Å². The monoisotopic (exact) mass is 347 g/mol. The summed E-state index contributed by atoms with van der Waals surface area (Å²) in [5, 5.41) is 11.9. The lowest BCUT2D eigenvalue weighted by Crippen LogP contribution is -2.30. The lowest BCUT2D eigenvalue weighted by Gasteiger charge is -2.31. The summed E-state index contributed by atoms with van der Waals surface area (Å²) >= 11 is 0. The summed E-state index contributed by atoms with van der Waals surface area (Å²) in [6, 6.07) is 15.1. The molecule has 1 aromatic carbocycles. The van der Waals surface area contributed by atoms with Crippen molar-refractivity contribution in [1.29, 1.82) is 5.26 Å². The van der Waals surface area contributed by atoms with E-state index in [0.29, 0.717) is 23.6 Å². The molecule has 0 bridgehead atoms. The van der Waals surface area contributed by atoms with Crippen molar-refractivity contribution in [1.82, 2.24) is 4.98 Å². The van der Waals surface area contributed by atoms with Gasteiger partial charge in [0.15, 0.2) is 5.60 Å². The number of H-pyrrole nitrogens is 1. The van der Waals surface area contributed by atoms with Gasteiger partial charge >= 0.3 is 0 Å². The number of nitriles is 1. The maximum absolute atomic E-state index is 12.1. The molecule has 0 spiro atoms. The minimum Gasteiger partial charge on any atom is -0.466 e. The average molecular weight is 347 g/mol. The molecule has 3 heterocycles. The third-order valence-electron chi connectivity index (χ3n) is 4.71. The number of aromatic amines is 1. The second-order valence-electron chi connectivity index (χ2n) is 6.15. The van der Waals surface area contributed by atoms with Crippen molar-refractivity contribution in [2.75, 3.05) is 11.9 Å². The van der Waals surface area contributed by atoms with Crippen molar-refractivity contribution in [2.45, 2.75) is 18.9 Å². The molecule has 130 valence electrons. The molecule has 3 aromatic rings. The van der Waals surface area contributed by atoms with Crippen LogP contribution in [0.5, 0.6) is 0 Å². The average Bonchev–Trinajstić information content (AvgIpc) is 3.33. The first-order valence-electron chi connectivity index (χ1n) is 8.38. The van der Waals surface area contributed by atoms with E-state index in [0.717, 1.165) is 16.8 Å². The molecule has 6 heteroatoms. The van der Waals surface area contributed by atoms with Crippen LogP contribution in [0.4, 0.5) is 5.69 Å². The van der Waals surface area contributed by atoms with Crippen LogP contribution >= 0.6 is 0 Å². The summed E-state index contributed by atoms with van der Waals surface area (Å²) < 4.78 is 11.7. The first-order chi connectivity index (χ1) is 12.7. The lowest BCUT2D eigenvalue weighted by atomic mass is 9.85. The van der Waals surface area contributed by atoms with Gasteiger partial charge < -0.3 is 19.5 Å². The molecule has 0 aliphatic carbocycles. The van der Waals surface area contributed by atoms with Crippen LogP contribution in [0.25, 0.3) is 11.3 Å². The van der Waals surface area contributed by atoms with E-state index in [4.69, 9.17) is 14.4 Å². The SMILES string of the molecule is CCC1(c2ccco2)OCC(=O)Nc2ccc(-c3ccc(C#N)[nH]3)cc21. The zero-order chi connectivity index (χ0) is 18.1. The van der Waals surface area contributed by atoms with E-state index >= 15 is 0 Å². The quantitative estimate of drug-likeness (QED) is 0.754. The summed E-state index contributed by atoms with van der Waals surface area (Å²) in [7, 11) is 0. The van der Waals surface area contributed by atoms with Crippen molar-refractivity contribution in [3.63, 3.8) is 0 Å². The number of fused-ring (bicyclic) bond motifs is 1. The minimum atomic E-state index is -0.862. The molecule has 1 atom stereocenters. The van der Waals surface area contributed by atoms with Crippen molar-refractivity contribution in [3.8, 4) is 17.3 Å². The van der Waals surface area contributed by atoms with Crippen LogP contribution in [0, 0.1) is 11.3 Å². The number of nitrogens with one attached hydrogen (secondary N) is 2. The smallest absolute Gasteiger partial charge is 0.250 e. The number of furan rings is 1. The predicted octanol–water partition coefficient (Wildman–Crippen LogP) is 3.77. The molecule has 0 radical (unpaired) electrons. The molecular weight excluding hydrogens is 330 g/mol. The molecule has 4 rings (SSSR count). The number of hydrogen-bond donors (Lipinski definition) is 2. The summed E-state index contributed by atoms with van der Waals surface area (Å²) in [6.07, 6.45) is 2.20. The second-order valence-corrected chi connectivity index (χ2v) is 6.15. The number of nitrogens with zero attached hydrogens (tertiary/aromatic N) is 1. The fourth-order valence-electron chi connectivity index (χ4n) is 3.42. The largest absolute Gasteiger partial charge is 0.466 e. The molecule has 1 unspecified atom stereocenters. The van der Waals surface area contributed by atoms with Gasteiger partial charge in [0.05, 0.1) is 6.26 Å². The van der Waals surface area contributed by atoms with Gasteiger partial charge in [-0.05, 0) is 48.4 Å². The number of anilines is 1. The van der Waals surface area contributed by atoms with Crippen molar-refractivity contribution >= 4 is 11.6 Å². The molecule has 6 nitrogen and oxygen atoms in total. The molecule has 0 fully saturated rings. The highest BCUT2D eigenvalue weighted by Crippen LogP contribution is 2.43. The van der Waals surface area contributed by atoms with Gasteiger partial charge in [0.1, 0.15) is 24.1 Å². The maximum atomic E-state index is 12.1. The van der Waals surface area contributed by atoms with Gasteiger partial charge in [0.25, 0.3) is 0 Å². The number of carbonyl (C=O) groups is 1. The van der Waals surface area contributed by atoms with Crippen LogP contribution in [0.3, 0.4) is 0 Å². The van der Waals surface area contributed by atoms with E-state index in [1.807, 2.05) is 43.3 Å². The Morgan fingerprint density at radius 3 is 2.85 bits per heavy atom. The summed E-state index contributed by atoms with van der Waals surface area (Å²) in [6.45, 7) is 1.94. The van der Waals surface area contributed by atoms with E-state index < -0.39 is 5.60 Å². The Hall–Kier alpha value is -3.30. The number of benzene rings is 1. The van der Waals surface area contributed by atoms with Crippen molar-refractivity contribution in [3.05, 3.63) is 65.7 Å². The van der Waals surface area contributed by atoms with Crippen LogP contribution in [-0.4, -0.2) is 17.5 Å². The van der Waals surface area contributed by atoms with Gasteiger partial charge in [0, 0.05) is 16.9 Å². The molecule has 2 aromatic heterocycles. The topological polar surface area (TPSA) is 91.0 Å². The van der Waals surface area contributed by atoms with Crippen LogP contribution in [0.15, 0.2) is 53.1 Å². The van der Waals surface area contributed by atoms with Gasteiger partial charge in [-0.2, -0.15) is 5.26 Å². The predicted molar refractivity (Wildman–Crippen MR) is 95.3 cm³/mol. The van der Waals surface area contributed by atoms with Gasteiger partial charge in [-0.15, -0.1) is 0 Å². The van der Waals surface area contributed by atoms with E-state index in [1.54, 1.807) is 12.3 Å². The highest BCUT2D eigenvalue weighted by molar-refractivity contribution is 5.94. The maximum Gasteiger partial charge on any atom is 0.250 e. The molecule has 26 heavy (non-hydrogen) atoms. The van der Waals surface area contributed by atoms with Crippen LogP contribution < -0.4 is 5.32 Å².